The molecule has 0 atom stereocenters. The van der Waals surface area contributed by atoms with Crippen molar-refractivity contribution in [2.24, 2.45) is 0 Å². The van der Waals surface area contributed by atoms with Gasteiger partial charge in [0.15, 0.2) is 12.4 Å². The molecule has 3 aromatic rings. The molecule has 0 unspecified atom stereocenters. The molecule has 4 rings (SSSR count). The molecule has 0 N–H and O–H groups in total. The van der Waals surface area contributed by atoms with E-state index >= 15 is 0 Å². The van der Waals surface area contributed by atoms with Gasteiger partial charge in [-0.1, -0.05) is 54.6 Å². The van der Waals surface area contributed by atoms with Crippen molar-refractivity contribution in [3.8, 4) is 0 Å². The van der Waals surface area contributed by atoms with E-state index in [9.17, 15) is 9.59 Å². The molecule has 0 aromatic heterocycles. The Kier molecular flexibility index (Phi) is 3.62. The summed E-state index contributed by atoms with van der Waals surface area (Å²) in [6, 6.07) is 18.7. The number of esters is 1. The Balaban J connectivity index is 1.58. The van der Waals surface area contributed by atoms with Gasteiger partial charge in [-0.25, -0.2) is 4.79 Å². The van der Waals surface area contributed by atoms with E-state index in [1.807, 2.05) is 30.3 Å². The first-order valence-electron chi connectivity index (χ1n) is 8.03. The highest BCUT2D eigenvalue weighted by Gasteiger charge is 2.20. The molecule has 0 amide bonds. The molecule has 3 heteroatoms. The van der Waals surface area contributed by atoms with Crippen LogP contribution in [0, 0.1) is 0 Å². The van der Waals surface area contributed by atoms with E-state index in [2.05, 4.69) is 6.07 Å². The Bertz CT molecular complexity index is 932. The predicted octanol–water partition coefficient (Wildman–Crippen LogP) is 3.98. The van der Waals surface area contributed by atoms with Gasteiger partial charge in [0.1, 0.15) is 0 Å². The number of hydrogen-bond acceptors (Lipinski definition) is 3. The largest absolute Gasteiger partial charge is 0.454 e. The number of hydrogen-bond donors (Lipinski definition) is 0. The van der Waals surface area contributed by atoms with Gasteiger partial charge < -0.3 is 4.74 Å². The minimum Gasteiger partial charge on any atom is -0.454 e. The lowest BCUT2D eigenvalue weighted by molar-refractivity contribution is 0.0476. The number of ether oxygens (including phenoxy) is 1. The second-order valence-electron chi connectivity index (χ2n) is 5.98. The Labute approximate surface area is 139 Å². The minimum absolute atomic E-state index is 0.199. The summed E-state index contributed by atoms with van der Waals surface area (Å²) in [5.41, 5.74) is 3.62. The second-order valence-corrected chi connectivity index (χ2v) is 5.98. The van der Waals surface area contributed by atoms with Crippen LogP contribution in [0.2, 0.25) is 0 Å². The van der Waals surface area contributed by atoms with Gasteiger partial charge in [-0.2, -0.15) is 0 Å². The summed E-state index contributed by atoms with van der Waals surface area (Å²) in [6.07, 6.45) is 2.02. The quantitative estimate of drug-likeness (QED) is 0.540. The van der Waals surface area contributed by atoms with Crippen molar-refractivity contribution in [1.82, 2.24) is 0 Å². The van der Waals surface area contributed by atoms with E-state index in [-0.39, 0.29) is 12.4 Å². The van der Waals surface area contributed by atoms with Crippen molar-refractivity contribution in [1.29, 1.82) is 0 Å². The molecule has 3 aromatic carbocycles. The zero-order valence-corrected chi connectivity index (χ0v) is 13.1. The van der Waals surface area contributed by atoms with E-state index in [1.54, 1.807) is 24.3 Å². The lowest BCUT2D eigenvalue weighted by Gasteiger charge is -2.09. The van der Waals surface area contributed by atoms with Crippen LogP contribution in [0.3, 0.4) is 0 Å². The maximum Gasteiger partial charge on any atom is 0.339 e. The number of Topliss-reactive ketones (excluding diaryl/α,β-unsaturated/α-hetero) is 1. The van der Waals surface area contributed by atoms with Crippen LogP contribution < -0.4 is 0 Å². The normalized spacial score (nSPS) is 12.3. The van der Waals surface area contributed by atoms with Crippen molar-refractivity contribution in [3.05, 3.63) is 82.9 Å². The third-order valence-electron chi connectivity index (χ3n) is 4.53. The zero-order valence-electron chi connectivity index (χ0n) is 13.1. The van der Waals surface area contributed by atoms with E-state index < -0.39 is 5.97 Å². The lowest BCUT2D eigenvalue weighted by atomic mass is 10.00. The maximum atomic E-state index is 12.5. The summed E-state index contributed by atoms with van der Waals surface area (Å²) < 4.78 is 5.26. The minimum atomic E-state index is -0.449. The van der Waals surface area contributed by atoms with Gasteiger partial charge in [0.2, 0.25) is 0 Å². The molecule has 0 aliphatic heterocycles. The molecular weight excluding hydrogens is 300 g/mol. The molecule has 118 valence electrons. The highest BCUT2D eigenvalue weighted by atomic mass is 16.5. The summed E-state index contributed by atoms with van der Waals surface area (Å²) in [5.74, 6) is -0.648. The average molecular weight is 316 g/mol. The van der Waals surface area contributed by atoms with Crippen LogP contribution in [0.5, 0.6) is 0 Å². The predicted molar refractivity (Wildman–Crippen MR) is 92.4 cm³/mol. The van der Waals surface area contributed by atoms with Gasteiger partial charge in [-0.15, -0.1) is 0 Å². The third-order valence-corrected chi connectivity index (χ3v) is 4.53. The van der Waals surface area contributed by atoms with Crippen LogP contribution in [-0.2, 0) is 17.6 Å². The van der Waals surface area contributed by atoms with E-state index in [1.165, 1.54) is 16.5 Å². The Morgan fingerprint density at radius 2 is 1.58 bits per heavy atom. The molecule has 0 bridgehead atoms. The highest BCUT2D eigenvalue weighted by Crippen LogP contribution is 2.32. The van der Waals surface area contributed by atoms with Crippen LogP contribution in [0.1, 0.15) is 31.8 Å². The van der Waals surface area contributed by atoms with Crippen molar-refractivity contribution < 1.29 is 14.3 Å². The fourth-order valence-corrected chi connectivity index (χ4v) is 3.34. The molecule has 0 radical (unpaired) electrons. The summed E-state index contributed by atoms with van der Waals surface area (Å²) in [4.78, 5) is 24.5. The molecule has 1 aliphatic carbocycles. The fourth-order valence-electron chi connectivity index (χ4n) is 3.34. The van der Waals surface area contributed by atoms with Gasteiger partial charge >= 0.3 is 5.97 Å². The Morgan fingerprint density at radius 1 is 0.833 bits per heavy atom. The lowest BCUT2D eigenvalue weighted by Crippen LogP contribution is -2.14. The van der Waals surface area contributed by atoms with Crippen LogP contribution in [0.25, 0.3) is 10.8 Å². The Morgan fingerprint density at radius 3 is 2.38 bits per heavy atom. The van der Waals surface area contributed by atoms with E-state index in [0.717, 1.165) is 18.2 Å². The van der Waals surface area contributed by atoms with Gasteiger partial charge in [0, 0.05) is 5.56 Å². The third kappa shape index (κ3) is 2.48. The summed E-state index contributed by atoms with van der Waals surface area (Å²) in [5, 5.41) is 2.08. The van der Waals surface area contributed by atoms with Crippen LogP contribution in [0.15, 0.2) is 60.7 Å². The average Bonchev–Trinajstić information content (AvgIpc) is 3.05. The second kappa shape index (κ2) is 5.93. The van der Waals surface area contributed by atoms with Crippen LogP contribution in [0.4, 0.5) is 0 Å². The number of ketones is 1. The monoisotopic (exact) mass is 316 g/mol. The first-order valence-corrected chi connectivity index (χ1v) is 8.03. The molecular formula is C21H16O3. The number of carbonyl (C=O) groups is 2. The van der Waals surface area contributed by atoms with Gasteiger partial charge in [0.25, 0.3) is 0 Å². The van der Waals surface area contributed by atoms with E-state index in [4.69, 9.17) is 4.74 Å². The van der Waals surface area contributed by atoms with E-state index in [0.29, 0.717) is 11.1 Å². The highest BCUT2D eigenvalue weighted by molar-refractivity contribution is 6.08. The van der Waals surface area contributed by atoms with Crippen molar-refractivity contribution in [2.75, 3.05) is 6.61 Å². The Hall–Kier alpha value is -2.94. The van der Waals surface area contributed by atoms with Crippen molar-refractivity contribution in [2.45, 2.75) is 12.8 Å². The van der Waals surface area contributed by atoms with Gasteiger partial charge in [-0.05, 0) is 40.8 Å². The standard InChI is InChI=1S/C21H16O3/c22-19(14-5-2-1-3-6-14)13-24-21(23)18-12-11-16-10-9-15-7-4-8-17(18)20(15)16/h1-8,11-12H,9-10,13H2. The molecule has 24 heavy (non-hydrogen) atoms. The molecule has 0 spiro atoms. The summed E-state index contributed by atoms with van der Waals surface area (Å²) in [7, 11) is 0. The SMILES string of the molecule is O=C(COC(=O)c1ccc2c3c(cccc13)CC2)c1ccccc1. The maximum absolute atomic E-state index is 12.5. The van der Waals surface area contributed by atoms with Gasteiger partial charge in [-0.3, -0.25) is 4.79 Å². The first-order chi connectivity index (χ1) is 11.7. The smallest absolute Gasteiger partial charge is 0.339 e. The summed E-state index contributed by atoms with van der Waals surface area (Å²) in [6.45, 7) is -0.244. The summed E-state index contributed by atoms with van der Waals surface area (Å²) >= 11 is 0. The molecule has 3 nitrogen and oxygen atoms in total. The number of benzene rings is 3. The van der Waals surface area contributed by atoms with Crippen LogP contribution in [-0.4, -0.2) is 18.4 Å². The molecule has 0 saturated carbocycles. The van der Waals surface area contributed by atoms with Crippen molar-refractivity contribution in [3.63, 3.8) is 0 Å². The number of carbonyl (C=O) groups excluding carboxylic acids is 2. The number of aryl methyl sites for hydroxylation is 2. The molecule has 0 heterocycles. The zero-order chi connectivity index (χ0) is 16.5. The fraction of sp³-hybridized carbons (Fsp3) is 0.143. The van der Waals surface area contributed by atoms with Gasteiger partial charge in [0.05, 0.1) is 5.56 Å². The molecule has 0 fully saturated rings. The molecule has 0 saturated heterocycles. The number of rotatable bonds is 4. The topological polar surface area (TPSA) is 43.4 Å². The first kappa shape index (κ1) is 14.6. The van der Waals surface area contributed by atoms with Crippen LogP contribution >= 0.6 is 0 Å². The molecule has 1 aliphatic rings. The van der Waals surface area contributed by atoms with Crippen molar-refractivity contribution >= 4 is 22.5 Å².